The van der Waals surface area contributed by atoms with Crippen molar-refractivity contribution < 1.29 is 14.3 Å². The van der Waals surface area contributed by atoms with Crippen LogP contribution in [0.5, 0.6) is 0 Å². The largest absolute Gasteiger partial charge is 0.465 e. The lowest BCUT2D eigenvalue weighted by Crippen LogP contribution is -2.37. The highest BCUT2D eigenvalue weighted by molar-refractivity contribution is 5.98. The van der Waals surface area contributed by atoms with Crippen molar-refractivity contribution in [2.24, 2.45) is 0 Å². The molecule has 0 aliphatic carbocycles. The summed E-state index contributed by atoms with van der Waals surface area (Å²) >= 11 is 0. The van der Waals surface area contributed by atoms with Crippen LogP contribution in [0.25, 0.3) is 6.08 Å². The van der Waals surface area contributed by atoms with E-state index in [0.717, 1.165) is 5.56 Å². The number of esters is 1. The van der Waals surface area contributed by atoms with E-state index in [1.165, 1.54) is 4.90 Å². The van der Waals surface area contributed by atoms with E-state index in [2.05, 4.69) is 6.58 Å². The van der Waals surface area contributed by atoms with Crippen LogP contribution in [0.3, 0.4) is 0 Å². The molecule has 1 amide bonds. The van der Waals surface area contributed by atoms with Crippen LogP contribution >= 0.6 is 0 Å². The van der Waals surface area contributed by atoms with Crippen molar-refractivity contribution in [1.82, 2.24) is 4.90 Å². The van der Waals surface area contributed by atoms with E-state index < -0.39 is 5.97 Å². The molecule has 21 heavy (non-hydrogen) atoms. The van der Waals surface area contributed by atoms with Crippen molar-refractivity contribution in [3.8, 4) is 0 Å². The maximum Gasteiger partial charge on any atom is 0.325 e. The van der Waals surface area contributed by atoms with Crippen molar-refractivity contribution in [3.05, 3.63) is 54.1 Å². The van der Waals surface area contributed by atoms with Crippen molar-refractivity contribution in [2.45, 2.75) is 13.8 Å². The molecule has 0 N–H and O–H groups in total. The number of carbonyl (C=O) groups is 2. The number of carbonyl (C=O) groups excluding carboxylic acids is 2. The minimum atomic E-state index is -0.416. The second-order valence-electron chi connectivity index (χ2n) is 4.52. The third-order valence-electron chi connectivity index (χ3n) is 2.78. The predicted molar refractivity (Wildman–Crippen MR) is 83.5 cm³/mol. The molecular weight excluding hydrogens is 266 g/mol. The van der Waals surface area contributed by atoms with E-state index in [1.807, 2.05) is 30.3 Å². The first kappa shape index (κ1) is 16.7. The van der Waals surface area contributed by atoms with Gasteiger partial charge in [-0.25, -0.2) is 0 Å². The Morgan fingerprint density at radius 1 is 1.29 bits per heavy atom. The molecule has 0 bridgehead atoms. The van der Waals surface area contributed by atoms with Gasteiger partial charge in [0.1, 0.15) is 6.54 Å². The smallest absolute Gasteiger partial charge is 0.325 e. The van der Waals surface area contributed by atoms with Gasteiger partial charge in [-0.3, -0.25) is 9.59 Å². The molecular formula is C17H21NO3. The third-order valence-corrected chi connectivity index (χ3v) is 2.78. The molecule has 4 nitrogen and oxygen atoms in total. The van der Waals surface area contributed by atoms with Gasteiger partial charge in [-0.1, -0.05) is 36.4 Å². The van der Waals surface area contributed by atoms with Gasteiger partial charge in [-0.05, 0) is 25.5 Å². The zero-order valence-electron chi connectivity index (χ0n) is 12.5. The number of amides is 1. The van der Waals surface area contributed by atoms with E-state index >= 15 is 0 Å². The number of ether oxygens (including phenoxy) is 1. The van der Waals surface area contributed by atoms with Crippen molar-refractivity contribution >= 4 is 18.0 Å². The lowest BCUT2D eigenvalue weighted by molar-refractivity contribution is -0.147. The van der Waals surface area contributed by atoms with Gasteiger partial charge in [-0.15, -0.1) is 6.58 Å². The summed E-state index contributed by atoms with van der Waals surface area (Å²) in [4.78, 5) is 25.3. The maximum atomic E-state index is 12.4. The van der Waals surface area contributed by atoms with Gasteiger partial charge < -0.3 is 9.64 Å². The molecule has 0 radical (unpaired) electrons. The van der Waals surface area contributed by atoms with Crippen LogP contribution in [-0.2, 0) is 14.3 Å². The van der Waals surface area contributed by atoms with E-state index in [4.69, 9.17) is 4.74 Å². The summed E-state index contributed by atoms with van der Waals surface area (Å²) < 4.78 is 4.88. The fraction of sp³-hybridized carbons (Fsp3) is 0.294. The summed E-state index contributed by atoms with van der Waals surface area (Å²) in [6, 6.07) is 9.56. The third kappa shape index (κ3) is 5.65. The number of rotatable bonds is 7. The topological polar surface area (TPSA) is 46.6 Å². The average molecular weight is 287 g/mol. The molecule has 0 spiro atoms. The van der Waals surface area contributed by atoms with Crippen molar-refractivity contribution in [2.75, 3.05) is 19.7 Å². The Morgan fingerprint density at radius 3 is 2.52 bits per heavy atom. The highest BCUT2D eigenvalue weighted by Gasteiger charge is 2.18. The molecule has 0 saturated heterocycles. The van der Waals surface area contributed by atoms with Crippen LogP contribution in [-0.4, -0.2) is 36.5 Å². The fourth-order valence-corrected chi connectivity index (χ4v) is 1.85. The van der Waals surface area contributed by atoms with Gasteiger partial charge in [-0.2, -0.15) is 0 Å². The molecule has 0 atom stereocenters. The zero-order valence-corrected chi connectivity index (χ0v) is 12.5. The van der Waals surface area contributed by atoms with Crippen LogP contribution in [0.15, 0.2) is 48.6 Å². The molecule has 0 saturated carbocycles. The van der Waals surface area contributed by atoms with E-state index in [9.17, 15) is 9.59 Å². The van der Waals surface area contributed by atoms with E-state index in [-0.39, 0.29) is 12.5 Å². The standard InChI is InChI=1S/C17H21NO3/c1-4-11-18(13-16(19)21-5-2)17(20)14(3)12-15-9-7-6-8-10-15/h4,6-10,12H,1,5,11,13H2,2-3H3. The Morgan fingerprint density at radius 2 is 1.95 bits per heavy atom. The molecule has 1 rings (SSSR count). The number of hydrogen-bond acceptors (Lipinski definition) is 3. The Hall–Kier alpha value is -2.36. The van der Waals surface area contributed by atoms with Gasteiger partial charge in [0, 0.05) is 12.1 Å². The van der Waals surface area contributed by atoms with E-state index in [0.29, 0.717) is 18.7 Å². The van der Waals surface area contributed by atoms with Gasteiger partial charge >= 0.3 is 5.97 Å². The average Bonchev–Trinajstić information content (AvgIpc) is 2.47. The Kier molecular flexibility index (Phi) is 6.95. The van der Waals surface area contributed by atoms with Crippen LogP contribution < -0.4 is 0 Å². The van der Waals surface area contributed by atoms with Gasteiger partial charge in [0.15, 0.2) is 0 Å². The number of hydrogen-bond donors (Lipinski definition) is 0. The second-order valence-corrected chi connectivity index (χ2v) is 4.52. The van der Waals surface area contributed by atoms with Crippen LogP contribution in [0.2, 0.25) is 0 Å². The van der Waals surface area contributed by atoms with Gasteiger partial charge in [0.2, 0.25) is 5.91 Å². The van der Waals surface area contributed by atoms with E-state index in [1.54, 1.807) is 26.0 Å². The Bertz CT molecular complexity index is 520. The quantitative estimate of drug-likeness (QED) is 0.440. The zero-order chi connectivity index (χ0) is 15.7. The summed E-state index contributed by atoms with van der Waals surface area (Å²) in [5.41, 5.74) is 1.50. The maximum absolute atomic E-state index is 12.4. The lowest BCUT2D eigenvalue weighted by atomic mass is 10.1. The monoisotopic (exact) mass is 287 g/mol. The van der Waals surface area contributed by atoms with Crippen molar-refractivity contribution in [3.63, 3.8) is 0 Å². The molecule has 0 aromatic heterocycles. The molecule has 0 heterocycles. The Balaban J connectivity index is 2.82. The normalized spacial score (nSPS) is 10.9. The molecule has 112 valence electrons. The molecule has 1 aromatic carbocycles. The lowest BCUT2D eigenvalue weighted by Gasteiger charge is -2.20. The van der Waals surface area contributed by atoms with Crippen LogP contribution in [0, 0.1) is 0 Å². The number of nitrogens with zero attached hydrogens (tertiary/aromatic N) is 1. The molecule has 0 unspecified atom stereocenters. The molecule has 1 aromatic rings. The van der Waals surface area contributed by atoms with Crippen LogP contribution in [0.4, 0.5) is 0 Å². The molecule has 0 aliphatic rings. The minimum absolute atomic E-state index is 0.0708. The van der Waals surface area contributed by atoms with Crippen molar-refractivity contribution in [1.29, 1.82) is 0 Å². The molecule has 0 fully saturated rings. The molecule has 0 aliphatic heterocycles. The number of benzene rings is 1. The predicted octanol–water partition coefficient (Wildman–Crippen LogP) is 2.67. The summed E-state index contributed by atoms with van der Waals surface area (Å²) in [6.07, 6.45) is 3.39. The summed E-state index contributed by atoms with van der Waals surface area (Å²) in [6.45, 7) is 7.61. The van der Waals surface area contributed by atoms with Crippen LogP contribution in [0.1, 0.15) is 19.4 Å². The highest BCUT2D eigenvalue weighted by atomic mass is 16.5. The minimum Gasteiger partial charge on any atom is -0.465 e. The highest BCUT2D eigenvalue weighted by Crippen LogP contribution is 2.09. The first-order valence-corrected chi connectivity index (χ1v) is 6.87. The Labute approximate surface area is 125 Å². The van der Waals surface area contributed by atoms with Gasteiger partial charge in [0.05, 0.1) is 6.61 Å². The summed E-state index contributed by atoms with van der Waals surface area (Å²) in [5.74, 6) is -0.619. The summed E-state index contributed by atoms with van der Waals surface area (Å²) in [7, 11) is 0. The molecule has 4 heteroatoms. The summed E-state index contributed by atoms with van der Waals surface area (Å²) in [5, 5.41) is 0. The van der Waals surface area contributed by atoms with Gasteiger partial charge in [0.25, 0.3) is 0 Å². The second kappa shape index (κ2) is 8.74. The fourth-order valence-electron chi connectivity index (χ4n) is 1.85. The first-order chi connectivity index (χ1) is 10.1. The first-order valence-electron chi connectivity index (χ1n) is 6.87. The SMILES string of the molecule is C=CCN(CC(=O)OCC)C(=O)C(C)=Cc1ccccc1.